The van der Waals surface area contributed by atoms with Gasteiger partial charge in [-0.05, 0) is 61.6 Å². The van der Waals surface area contributed by atoms with Crippen LogP contribution in [0.1, 0.15) is 73.9 Å². The first-order chi connectivity index (χ1) is 16.5. The Morgan fingerprint density at radius 2 is 1.91 bits per heavy atom. The van der Waals surface area contributed by atoms with Gasteiger partial charge in [-0.25, -0.2) is 4.99 Å². The summed E-state index contributed by atoms with van der Waals surface area (Å²) >= 11 is 0. The average Bonchev–Trinajstić information content (AvgIpc) is 3.00. The number of carbonyl (C=O) groups is 2. The Balaban J connectivity index is 1.56. The fraction of sp³-hybridized carbons (Fsp3) is 0.393. The Hall–Kier alpha value is -3.41. The van der Waals surface area contributed by atoms with Gasteiger partial charge in [0, 0.05) is 47.0 Å². The molecule has 34 heavy (non-hydrogen) atoms. The second kappa shape index (κ2) is 10.7. The van der Waals surface area contributed by atoms with E-state index in [1.54, 1.807) is 12.1 Å². The van der Waals surface area contributed by atoms with Crippen LogP contribution in [-0.4, -0.2) is 24.1 Å². The van der Waals surface area contributed by atoms with Gasteiger partial charge in [-0.15, -0.1) is 0 Å². The molecule has 0 aromatic heterocycles. The van der Waals surface area contributed by atoms with Gasteiger partial charge in [0.05, 0.1) is 5.69 Å². The molecule has 0 radical (unpaired) electrons. The van der Waals surface area contributed by atoms with Crippen molar-refractivity contribution in [2.45, 2.75) is 58.8 Å². The number of aryl methyl sites for hydroxylation is 1. The number of amides is 1. The summed E-state index contributed by atoms with van der Waals surface area (Å²) in [6.07, 6.45) is 8.12. The van der Waals surface area contributed by atoms with Gasteiger partial charge in [-0.1, -0.05) is 38.8 Å². The molecular formula is C28H34N4O2. The SMILES string of the molecule is CCCC(CCC)C(=O)C1=Cc2ccc(C(=O)Nc3ccc4c(c3)NCCC4)cc2N=C(N)C1. The van der Waals surface area contributed by atoms with Crippen LogP contribution >= 0.6 is 0 Å². The standard InChI is InChI=1S/C28H34N4O2/c1-3-6-19(7-4-2)27(33)22-14-20-9-10-21(15-25(20)32-26(29)16-22)28(34)31-23-12-11-18-8-5-13-30-24(18)17-23/h9-12,14-15,17,19,30H,3-8,13,16H2,1-2H3,(H2,29,32)(H,31,34). The molecule has 2 aromatic rings. The summed E-state index contributed by atoms with van der Waals surface area (Å²) in [6.45, 7) is 5.16. The normalized spacial score (nSPS) is 14.8. The number of nitrogens with two attached hydrogens (primary N) is 1. The lowest BCUT2D eigenvalue weighted by atomic mass is 9.87. The summed E-state index contributed by atoms with van der Waals surface area (Å²) in [5.41, 5.74) is 11.9. The van der Waals surface area contributed by atoms with Crippen LogP contribution in [0, 0.1) is 5.92 Å². The molecule has 4 N–H and O–H groups in total. The van der Waals surface area contributed by atoms with Crippen molar-refractivity contribution in [3.8, 4) is 0 Å². The third-order valence-electron chi connectivity index (χ3n) is 6.53. The monoisotopic (exact) mass is 458 g/mol. The van der Waals surface area contributed by atoms with E-state index in [0.717, 1.165) is 62.0 Å². The predicted molar refractivity (Wildman–Crippen MR) is 140 cm³/mol. The van der Waals surface area contributed by atoms with Crippen LogP contribution in [0.4, 0.5) is 17.1 Å². The Morgan fingerprint density at radius 1 is 1.12 bits per heavy atom. The Morgan fingerprint density at radius 3 is 2.68 bits per heavy atom. The number of hydrogen-bond acceptors (Lipinski definition) is 5. The van der Waals surface area contributed by atoms with E-state index in [4.69, 9.17) is 5.73 Å². The van der Waals surface area contributed by atoms with Crippen LogP contribution in [0.3, 0.4) is 0 Å². The van der Waals surface area contributed by atoms with Gasteiger partial charge < -0.3 is 16.4 Å². The number of nitrogens with zero attached hydrogens (tertiary/aromatic N) is 1. The van der Waals surface area contributed by atoms with Gasteiger partial charge in [-0.2, -0.15) is 0 Å². The molecule has 0 fully saturated rings. The first kappa shape index (κ1) is 23.7. The minimum atomic E-state index is -0.206. The van der Waals surface area contributed by atoms with E-state index in [1.165, 1.54) is 5.56 Å². The van der Waals surface area contributed by atoms with E-state index in [1.807, 2.05) is 24.3 Å². The van der Waals surface area contributed by atoms with Gasteiger partial charge in [-0.3, -0.25) is 9.59 Å². The second-order valence-electron chi connectivity index (χ2n) is 9.22. The van der Waals surface area contributed by atoms with E-state index in [2.05, 4.69) is 35.5 Å². The topological polar surface area (TPSA) is 96.6 Å². The lowest BCUT2D eigenvalue weighted by Gasteiger charge is -2.19. The molecule has 2 heterocycles. The number of aliphatic imine (C=N–C) groups is 1. The lowest BCUT2D eigenvalue weighted by molar-refractivity contribution is -0.119. The van der Waals surface area contributed by atoms with Crippen molar-refractivity contribution in [2.75, 3.05) is 17.2 Å². The number of rotatable bonds is 8. The molecular weight excluding hydrogens is 424 g/mol. The van der Waals surface area contributed by atoms with Gasteiger partial charge >= 0.3 is 0 Å². The molecule has 2 aliphatic rings. The molecule has 6 nitrogen and oxygen atoms in total. The van der Waals surface area contributed by atoms with Crippen molar-refractivity contribution in [3.63, 3.8) is 0 Å². The zero-order valence-corrected chi connectivity index (χ0v) is 20.1. The number of benzene rings is 2. The minimum absolute atomic E-state index is 0.0201. The highest BCUT2D eigenvalue weighted by Gasteiger charge is 2.23. The molecule has 4 rings (SSSR count). The number of hydrogen-bond donors (Lipinski definition) is 3. The molecule has 0 saturated carbocycles. The van der Waals surface area contributed by atoms with E-state index >= 15 is 0 Å². The highest BCUT2D eigenvalue weighted by atomic mass is 16.1. The fourth-order valence-electron chi connectivity index (χ4n) is 4.80. The van der Waals surface area contributed by atoms with Crippen molar-refractivity contribution in [1.29, 1.82) is 0 Å². The van der Waals surface area contributed by atoms with Crippen molar-refractivity contribution in [1.82, 2.24) is 0 Å². The molecule has 0 spiro atoms. The minimum Gasteiger partial charge on any atom is -0.387 e. The summed E-state index contributed by atoms with van der Waals surface area (Å²) in [5.74, 6) is 0.371. The molecule has 0 bridgehead atoms. The van der Waals surface area contributed by atoms with E-state index < -0.39 is 0 Å². The van der Waals surface area contributed by atoms with Crippen LogP contribution in [0.2, 0.25) is 0 Å². The summed E-state index contributed by atoms with van der Waals surface area (Å²) in [6, 6.07) is 11.3. The maximum Gasteiger partial charge on any atom is 0.255 e. The number of amidine groups is 1. The first-order valence-corrected chi connectivity index (χ1v) is 12.4. The third kappa shape index (κ3) is 5.38. The smallest absolute Gasteiger partial charge is 0.255 e. The van der Waals surface area contributed by atoms with Gasteiger partial charge in [0.2, 0.25) is 0 Å². The molecule has 0 aliphatic carbocycles. The zero-order valence-electron chi connectivity index (χ0n) is 20.1. The first-order valence-electron chi connectivity index (χ1n) is 12.4. The van der Waals surface area contributed by atoms with E-state index in [-0.39, 0.29) is 17.6 Å². The molecule has 2 aliphatic heterocycles. The summed E-state index contributed by atoms with van der Waals surface area (Å²) in [5, 5.41) is 6.37. The fourth-order valence-corrected chi connectivity index (χ4v) is 4.80. The highest BCUT2D eigenvalue weighted by molar-refractivity contribution is 6.09. The zero-order chi connectivity index (χ0) is 24.1. The number of nitrogens with one attached hydrogen (secondary N) is 2. The van der Waals surface area contributed by atoms with Crippen molar-refractivity contribution in [2.24, 2.45) is 16.6 Å². The highest BCUT2D eigenvalue weighted by Crippen LogP contribution is 2.31. The molecule has 0 atom stereocenters. The molecule has 2 aromatic carbocycles. The van der Waals surface area contributed by atoms with Crippen LogP contribution in [-0.2, 0) is 11.2 Å². The van der Waals surface area contributed by atoms with Crippen LogP contribution in [0.15, 0.2) is 47.0 Å². The maximum absolute atomic E-state index is 13.2. The molecule has 0 saturated heterocycles. The van der Waals surface area contributed by atoms with Crippen LogP contribution in [0.5, 0.6) is 0 Å². The number of fused-ring (bicyclic) bond motifs is 2. The number of carbonyl (C=O) groups excluding carboxylic acids is 2. The Kier molecular flexibility index (Phi) is 7.46. The van der Waals surface area contributed by atoms with E-state index in [9.17, 15) is 9.59 Å². The predicted octanol–water partition coefficient (Wildman–Crippen LogP) is 5.86. The third-order valence-corrected chi connectivity index (χ3v) is 6.53. The van der Waals surface area contributed by atoms with Gasteiger partial charge in [0.25, 0.3) is 5.91 Å². The average molecular weight is 459 g/mol. The largest absolute Gasteiger partial charge is 0.387 e. The van der Waals surface area contributed by atoms with Crippen molar-refractivity contribution >= 4 is 40.7 Å². The molecule has 0 unspecified atom stereocenters. The number of ketones is 1. The summed E-state index contributed by atoms with van der Waals surface area (Å²) in [4.78, 5) is 30.7. The van der Waals surface area contributed by atoms with Crippen LogP contribution in [0.25, 0.3) is 6.08 Å². The second-order valence-corrected chi connectivity index (χ2v) is 9.22. The molecule has 6 heteroatoms. The van der Waals surface area contributed by atoms with Gasteiger partial charge in [0.15, 0.2) is 5.78 Å². The van der Waals surface area contributed by atoms with Crippen molar-refractivity contribution in [3.05, 3.63) is 58.7 Å². The Labute approximate surface area is 201 Å². The van der Waals surface area contributed by atoms with E-state index in [0.29, 0.717) is 29.1 Å². The van der Waals surface area contributed by atoms with Crippen LogP contribution < -0.4 is 16.4 Å². The summed E-state index contributed by atoms with van der Waals surface area (Å²) < 4.78 is 0. The lowest BCUT2D eigenvalue weighted by Crippen LogP contribution is -2.21. The maximum atomic E-state index is 13.2. The number of anilines is 2. The molecule has 1 amide bonds. The number of Topliss-reactive ketones (excluding diaryl/α,β-unsaturated/α-hetero) is 1. The van der Waals surface area contributed by atoms with Gasteiger partial charge in [0.1, 0.15) is 5.84 Å². The molecule has 178 valence electrons. The van der Waals surface area contributed by atoms with Crippen molar-refractivity contribution < 1.29 is 9.59 Å². The quantitative estimate of drug-likeness (QED) is 0.462. The Bertz CT molecular complexity index is 1140. The summed E-state index contributed by atoms with van der Waals surface area (Å²) in [7, 11) is 0.